The first-order valence-corrected chi connectivity index (χ1v) is 5.61. The molecule has 8 heteroatoms. The number of hydrogen-bond acceptors (Lipinski definition) is 4. The van der Waals surface area contributed by atoms with Crippen LogP contribution < -0.4 is 10.6 Å². The first-order chi connectivity index (χ1) is 9.43. The monoisotopic (exact) mass is 284 g/mol. The maximum atomic E-state index is 12.9. The van der Waals surface area contributed by atoms with Gasteiger partial charge in [-0.15, -0.1) is 0 Å². The minimum absolute atomic E-state index is 0.0368. The molecule has 1 atom stereocenters. The van der Waals surface area contributed by atoms with Gasteiger partial charge in [0.1, 0.15) is 11.9 Å². The number of carboxylic acids is 1. The molecule has 4 N–H and O–H groups in total. The molecule has 0 saturated carbocycles. The van der Waals surface area contributed by atoms with E-state index in [2.05, 4.69) is 5.32 Å². The summed E-state index contributed by atoms with van der Waals surface area (Å²) in [5.41, 5.74) is 0.0368. The van der Waals surface area contributed by atoms with Crippen LogP contribution >= 0.6 is 0 Å². The van der Waals surface area contributed by atoms with Crippen LogP contribution in [0.3, 0.4) is 0 Å². The fourth-order valence-corrected chi connectivity index (χ4v) is 1.32. The van der Waals surface area contributed by atoms with Crippen molar-refractivity contribution >= 4 is 17.8 Å². The number of benzene rings is 1. The van der Waals surface area contributed by atoms with Gasteiger partial charge in [0.2, 0.25) is 5.91 Å². The molecule has 0 spiro atoms. The molecule has 2 amide bonds. The Morgan fingerprint density at radius 3 is 2.55 bits per heavy atom. The van der Waals surface area contributed by atoms with Crippen LogP contribution in [0.25, 0.3) is 0 Å². The first-order valence-electron chi connectivity index (χ1n) is 5.61. The highest BCUT2D eigenvalue weighted by molar-refractivity contribution is 5.96. The molecule has 0 aliphatic heterocycles. The van der Waals surface area contributed by atoms with E-state index >= 15 is 0 Å². The lowest BCUT2D eigenvalue weighted by molar-refractivity contribution is -0.142. The van der Waals surface area contributed by atoms with Crippen molar-refractivity contribution in [1.29, 1.82) is 0 Å². The third kappa shape index (κ3) is 4.65. The van der Waals surface area contributed by atoms with Crippen LogP contribution in [0, 0.1) is 5.82 Å². The topological polar surface area (TPSA) is 116 Å². The zero-order valence-electron chi connectivity index (χ0n) is 10.3. The Morgan fingerprint density at radius 2 is 2.00 bits per heavy atom. The van der Waals surface area contributed by atoms with E-state index < -0.39 is 42.8 Å². The molecular formula is C12H13FN2O5. The summed E-state index contributed by atoms with van der Waals surface area (Å²) < 4.78 is 12.9. The first kappa shape index (κ1) is 15.6. The minimum Gasteiger partial charge on any atom is -0.480 e. The van der Waals surface area contributed by atoms with Gasteiger partial charge in [-0.1, -0.05) is 6.07 Å². The number of carboxylic acid groups (broad SMARTS) is 1. The van der Waals surface area contributed by atoms with Gasteiger partial charge in [0.05, 0.1) is 13.2 Å². The quantitative estimate of drug-likeness (QED) is 0.541. The molecule has 1 aromatic carbocycles. The van der Waals surface area contributed by atoms with Gasteiger partial charge >= 0.3 is 5.97 Å². The van der Waals surface area contributed by atoms with Crippen LogP contribution in [0.4, 0.5) is 4.39 Å². The van der Waals surface area contributed by atoms with Crippen LogP contribution in [0.15, 0.2) is 24.3 Å². The van der Waals surface area contributed by atoms with Crippen molar-refractivity contribution in [3.8, 4) is 0 Å². The smallest absolute Gasteiger partial charge is 0.328 e. The summed E-state index contributed by atoms with van der Waals surface area (Å²) in [6.07, 6.45) is 0. The zero-order valence-corrected chi connectivity index (χ0v) is 10.3. The Labute approximate surface area is 113 Å². The predicted molar refractivity (Wildman–Crippen MR) is 65.4 cm³/mol. The predicted octanol–water partition coefficient (Wildman–Crippen LogP) is -0.883. The average Bonchev–Trinajstić information content (AvgIpc) is 2.41. The zero-order chi connectivity index (χ0) is 15.1. The van der Waals surface area contributed by atoms with Crippen LogP contribution in [0.1, 0.15) is 10.4 Å². The van der Waals surface area contributed by atoms with Crippen LogP contribution in [0.2, 0.25) is 0 Å². The fourth-order valence-electron chi connectivity index (χ4n) is 1.32. The lowest BCUT2D eigenvalue weighted by Crippen LogP contribution is -2.47. The van der Waals surface area contributed by atoms with Gasteiger partial charge in [-0.2, -0.15) is 0 Å². The lowest BCUT2D eigenvalue weighted by atomic mass is 10.2. The Balaban J connectivity index is 2.49. The number of nitrogens with one attached hydrogen (secondary N) is 2. The summed E-state index contributed by atoms with van der Waals surface area (Å²) >= 11 is 0. The van der Waals surface area contributed by atoms with Gasteiger partial charge in [0.25, 0.3) is 5.91 Å². The van der Waals surface area contributed by atoms with Gasteiger partial charge in [0.15, 0.2) is 0 Å². The molecule has 7 nitrogen and oxygen atoms in total. The van der Waals surface area contributed by atoms with E-state index in [4.69, 9.17) is 10.2 Å². The van der Waals surface area contributed by atoms with E-state index in [0.29, 0.717) is 0 Å². The maximum absolute atomic E-state index is 12.9. The van der Waals surface area contributed by atoms with E-state index in [9.17, 15) is 18.8 Å². The maximum Gasteiger partial charge on any atom is 0.328 e. The number of carbonyl (C=O) groups excluding carboxylic acids is 2. The van der Waals surface area contributed by atoms with Crippen molar-refractivity contribution in [1.82, 2.24) is 10.6 Å². The van der Waals surface area contributed by atoms with Crippen molar-refractivity contribution in [2.24, 2.45) is 0 Å². The van der Waals surface area contributed by atoms with E-state index in [1.807, 2.05) is 5.32 Å². The number of amides is 2. The highest BCUT2D eigenvalue weighted by Crippen LogP contribution is 2.02. The number of aliphatic hydroxyl groups is 1. The third-order valence-electron chi connectivity index (χ3n) is 2.31. The SMILES string of the molecule is O=C(CNC(=O)c1cccc(F)c1)N[C@@H](CO)C(=O)O. The largest absolute Gasteiger partial charge is 0.480 e. The number of aliphatic carboxylic acids is 1. The molecule has 108 valence electrons. The number of aliphatic hydroxyl groups excluding tert-OH is 1. The molecule has 0 bridgehead atoms. The lowest BCUT2D eigenvalue weighted by Gasteiger charge is -2.12. The van der Waals surface area contributed by atoms with E-state index in [1.165, 1.54) is 18.2 Å². The summed E-state index contributed by atoms with van der Waals surface area (Å²) in [6, 6.07) is 3.44. The van der Waals surface area contributed by atoms with Crippen molar-refractivity contribution in [3.63, 3.8) is 0 Å². The summed E-state index contributed by atoms with van der Waals surface area (Å²) in [5, 5.41) is 21.5. The van der Waals surface area contributed by atoms with E-state index in [0.717, 1.165) is 6.07 Å². The molecule has 0 aliphatic carbocycles. The average molecular weight is 284 g/mol. The minimum atomic E-state index is -1.44. The van der Waals surface area contributed by atoms with Crippen molar-refractivity contribution in [2.45, 2.75) is 6.04 Å². The van der Waals surface area contributed by atoms with Crippen LogP contribution in [0.5, 0.6) is 0 Å². The van der Waals surface area contributed by atoms with E-state index in [-0.39, 0.29) is 5.56 Å². The summed E-state index contributed by atoms with van der Waals surface area (Å²) in [5.74, 6) is -3.43. The second kappa shape index (κ2) is 7.19. The molecule has 0 unspecified atom stereocenters. The van der Waals surface area contributed by atoms with Crippen LogP contribution in [-0.4, -0.2) is 47.2 Å². The van der Waals surface area contributed by atoms with Crippen molar-refractivity contribution < 1.29 is 29.0 Å². The Kier molecular flexibility index (Phi) is 5.60. The third-order valence-corrected chi connectivity index (χ3v) is 2.31. The number of halogens is 1. The van der Waals surface area contributed by atoms with Gasteiger partial charge in [0, 0.05) is 5.56 Å². The van der Waals surface area contributed by atoms with Crippen molar-refractivity contribution in [3.05, 3.63) is 35.6 Å². The number of rotatable bonds is 6. The molecule has 0 aliphatic rings. The standard InChI is InChI=1S/C12H13FN2O5/c13-8-3-1-2-7(4-8)11(18)14-5-10(17)15-9(6-16)12(19)20/h1-4,9,16H,5-6H2,(H,14,18)(H,15,17)(H,19,20)/t9-/m0/s1. The molecule has 0 heterocycles. The van der Waals surface area contributed by atoms with Gasteiger partial charge in [-0.25, -0.2) is 9.18 Å². The van der Waals surface area contributed by atoms with Gasteiger partial charge < -0.3 is 20.8 Å². The molecule has 0 fully saturated rings. The molecule has 0 aromatic heterocycles. The molecule has 1 aromatic rings. The molecule has 20 heavy (non-hydrogen) atoms. The van der Waals surface area contributed by atoms with E-state index in [1.54, 1.807) is 0 Å². The van der Waals surface area contributed by atoms with Crippen molar-refractivity contribution in [2.75, 3.05) is 13.2 Å². The fraction of sp³-hybridized carbons (Fsp3) is 0.250. The normalized spacial score (nSPS) is 11.5. The second-order valence-electron chi connectivity index (χ2n) is 3.83. The Morgan fingerprint density at radius 1 is 1.30 bits per heavy atom. The molecule has 0 radical (unpaired) electrons. The van der Waals surface area contributed by atoms with Gasteiger partial charge in [-0.05, 0) is 18.2 Å². The molecule has 0 saturated heterocycles. The summed E-state index contributed by atoms with van der Waals surface area (Å²) in [7, 11) is 0. The Bertz CT molecular complexity index is 520. The molecular weight excluding hydrogens is 271 g/mol. The van der Waals surface area contributed by atoms with Crippen LogP contribution in [-0.2, 0) is 9.59 Å². The number of carbonyl (C=O) groups is 3. The van der Waals surface area contributed by atoms with Gasteiger partial charge in [-0.3, -0.25) is 9.59 Å². The molecule has 1 rings (SSSR count). The number of hydrogen-bond donors (Lipinski definition) is 4. The second-order valence-corrected chi connectivity index (χ2v) is 3.83. The highest BCUT2D eigenvalue weighted by Gasteiger charge is 2.18. The Hall–Kier alpha value is -2.48. The summed E-state index contributed by atoms with van der Waals surface area (Å²) in [6.45, 7) is -1.25. The highest BCUT2D eigenvalue weighted by atomic mass is 19.1. The summed E-state index contributed by atoms with van der Waals surface area (Å²) in [4.78, 5) is 33.5.